The lowest BCUT2D eigenvalue weighted by Gasteiger charge is -2.31. The summed E-state index contributed by atoms with van der Waals surface area (Å²) in [4.78, 5) is 2.54. The predicted octanol–water partition coefficient (Wildman–Crippen LogP) is 4.62. The summed E-state index contributed by atoms with van der Waals surface area (Å²) in [5.74, 6) is 7.28. The molecule has 2 N–H and O–H groups in total. The number of hydrogen-bond acceptors (Lipinski definition) is 2. The van der Waals surface area contributed by atoms with E-state index in [4.69, 9.17) is 17.3 Å². The van der Waals surface area contributed by atoms with Crippen LogP contribution in [0.5, 0.6) is 0 Å². The molecule has 1 saturated heterocycles. The molecule has 0 bridgehead atoms. The van der Waals surface area contributed by atoms with Gasteiger partial charge in [-0.15, -0.1) is 0 Å². The van der Waals surface area contributed by atoms with E-state index in [0.717, 1.165) is 35.2 Å². The smallest absolute Gasteiger partial charge is 0.0406 e. The fraction of sp³-hybridized carbons (Fsp3) is 0.364. The second kappa shape index (κ2) is 8.94. The zero-order valence-electron chi connectivity index (χ0n) is 14.5. The monoisotopic (exact) mass is 352 g/mol. The summed E-state index contributed by atoms with van der Waals surface area (Å²) in [6.45, 7) is 3.43. The average Bonchev–Trinajstić information content (AvgIpc) is 2.63. The highest BCUT2D eigenvalue weighted by Gasteiger charge is 2.18. The fourth-order valence-corrected chi connectivity index (χ4v) is 3.44. The molecule has 2 aromatic carbocycles. The molecule has 130 valence electrons. The number of likely N-dealkylation sites (tertiary alicyclic amines) is 1. The summed E-state index contributed by atoms with van der Waals surface area (Å²) in [5, 5.41) is 0.818. The molecular weight excluding hydrogens is 328 g/mol. The fourth-order valence-electron chi connectivity index (χ4n) is 3.31. The first kappa shape index (κ1) is 17.9. The first-order valence-electron chi connectivity index (χ1n) is 9.00. The molecule has 3 rings (SSSR count). The Bertz CT molecular complexity index is 717. The Hall–Kier alpha value is -1.95. The third-order valence-electron chi connectivity index (χ3n) is 4.84. The molecule has 0 unspecified atom stereocenters. The molecule has 2 aromatic rings. The van der Waals surface area contributed by atoms with Crippen molar-refractivity contribution in [3.05, 3.63) is 64.7 Å². The van der Waals surface area contributed by atoms with Gasteiger partial charge >= 0.3 is 0 Å². The van der Waals surface area contributed by atoms with Crippen LogP contribution in [0.2, 0.25) is 5.02 Å². The second-order valence-corrected chi connectivity index (χ2v) is 7.23. The molecule has 25 heavy (non-hydrogen) atoms. The van der Waals surface area contributed by atoms with Crippen LogP contribution >= 0.6 is 11.6 Å². The number of nitrogen functional groups attached to an aromatic ring is 1. The maximum absolute atomic E-state index is 5.96. The third kappa shape index (κ3) is 5.81. The summed E-state index contributed by atoms with van der Waals surface area (Å²) in [6.07, 6.45) is 4.64. The SMILES string of the molecule is Nc1ccc(C#CCCN2CCC(Cc3ccc(Cl)cc3)CC2)cc1. The molecule has 0 aliphatic carbocycles. The van der Waals surface area contributed by atoms with Crippen LogP contribution in [0.15, 0.2) is 48.5 Å². The van der Waals surface area contributed by atoms with Gasteiger partial charge in [0.1, 0.15) is 0 Å². The molecule has 0 saturated carbocycles. The van der Waals surface area contributed by atoms with E-state index in [1.54, 1.807) is 0 Å². The van der Waals surface area contributed by atoms with Crippen LogP contribution < -0.4 is 5.73 Å². The van der Waals surface area contributed by atoms with Crippen molar-refractivity contribution in [2.24, 2.45) is 5.92 Å². The number of benzene rings is 2. The molecule has 3 heteroatoms. The van der Waals surface area contributed by atoms with Crippen LogP contribution in [0, 0.1) is 17.8 Å². The van der Waals surface area contributed by atoms with Gasteiger partial charge < -0.3 is 10.6 Å². The van der Waals surface area contributed by atoms with Crippen molar-refractivity contribution < 1.29 is 0 Å². The number of nitrogens with zero attached hydrogens (tertiary/aromatic N) is 1. The minimum atomic E-state index is 0.784. The standard InChI is InChI=1S/C22H25ClN2/c23-21-8-4-19(5-9-21)17-20-12-15-25(16-13-20)14-2-1-3-18-6-10-22(24)11-7-18/h4-11,20H,2,12-17,24H2. The van der Waals surface area contributed by atoms with E-state index in [-0.39, 0.29) is 0 Å². The van der Waals surface area contributed by atoms with Crippen molar-refractivity contribution >= 4 is 17.3 Å². The van der Waals surface area contributed by atoms with Crippen molar-refractivity contribution in [2.45, 2.75) is 25.7 Å². The van der Waals surface area contributed by atoms with Crippen molar-refractivity contribution in [2.75, 3.05) is 25.4 Å². The topological polar surface area (TPSA) is 29.3 Å². The normalized spacial score (nSPS) is 15.6. The van der Waals surface area contributed by atoms with Gasteiger partial charge in [0, 0.05) is 29.2 Å². The van der Waals surface area contributed by atoms with Crippen LogP contribution in [0.4, 0.5) is 5.69 Å². The Morgan fingerprint density at radius 1 is 1.00 bits per heavy atom. The number of anilines is 1. The second-order valence-electron chi connectivity index (χ2n) is 6.79. The molecule has 0 radical (unpaired) electrons. The lowest BCUT2D eigenvalue weighted by atomic mass is 9.90. The van der Waals surface area contributed by atoms with Crippen LogP contribution in [0.3, 0.4) is 0 Å². The van der Waals surface area contributed by atoms with Crippen molar-refractivity contribution in [3.8, 4) is 11.8 Å². The molecule has 0 atom stereocenters. The number of piperidine rings is 1. The highest BCUT2D eigenvalue weighted by atomic mass is 35.5. The van der Waals surface area contributed by atoms with E-state index in [9.17, 15) is 0 Å². The van der Waals surface area contributed by atoms with Crippen molar-refractivity contribution in [3.63, 3.8) is 0 Å². The summed E-state index contributed by atoms with van der Waals surface area (Å²) in [6, 6.07) is 16.0. The van der Waals surface area contributed by atoms with E-state index >= 15 is 0 Å². The number of hydrogen-bond donors (Lipinski definition) is 1. The van der Waals surface area contributed by atoms with Gasteiger partial charge in [0.2, 0.25) is 0 Å². The van der Waals surface area contributed by atoms with Gasteiger partial charge in [0.15, 0.2) is 0 Å². The highest BCUT2D eigenvalue weighted by Crippen LogP contribution is 2.22. The Kier molecular flexibility index (Phi) is 6.39. The number of nitrogens with two attached hydrogens (primary N) is 1. The minimum absolute atomic E-state index is 0.784. The third-order valence-corrected chi connectivity index (χ3v) is 5.09. The Morgan fingerprint density at radius 3 is 2.36 bits per heavy atom. The molecule has 1 aliphatic rings. The van der Waals surface area contributed by atoms with Gasteiger partial charge in [-0.05, 0) is 80.2 Å². The van der Waals surface area contributed by atoms with Gasteiger partial charge in [-0.3, -0.25) is 0 Å². The van der Waals surface area contributed by atoms with Crippen molar-refractivity contribution in [1.29, 1.82) is 0 Å². The average molecular weight is 353 g/mol. The zero-order valence-corrected chi connectivity index (χ0v) is 15.3. The van der Waals surface area contributed by atoms with E-state index in [1.165, 1.54) is 37.9 Å². The zero-order chi connectivity index (χ0) is 17.5. The van der Waals surface area contributed by atoms with E-state index in [2.05, 4.69) is 28.9 Å². The van der Waals surface area contributed by atoms with Crippen LogP contribution in [-0.2, 0) is 6.42 Å². The lowest BCUT2D eigenvalue weighted by Crippen LogP contribution is -2.34. The molecule has 2 nitrogen and oxygen atoms in total. The largest absolute Gasteiger partial charge is 0.399 e. The molecular formula is C22H25ClN2. The minimum Gasteiger partial charge on any atom is -0.399 e. The van der Waals surface area contributed by atoms with Gasteiger partial charge in [0.05, 0.1) is 0 Å². The quantitative estimate of drug-likeness (QED) is 0.642. The Labute approximate surface area is 156 Å². The lowest BCUT2D eigenvalue weighted by molar-refractivity contribution is 0.187. The maximum atomic E-state index is 5.96. The summed E-state index contributed by atoms with van der Waals surface area (Å²) >= 11 is 5.96. The van der Waals surface area contributed by atoms with E-state index in [0.29, 0.717) is 0 Å². The van der Waals surface area contributed by atoms with Crippen LogP contribution in [0.25, 0.3) is 0 Å². The van der Waals surface area contributed by atoms with E-state index < -0.39 is 0 Å². The number of rotatable bonds is 4. The maximum Gasteiger partial charge on any atom is 0.0406 e. The summed E-state index contributed by atoms with van der Waals surface area (Å²) < 4.78 is 0. The Balaban J connectivity index is 1.38. The molecule has 1 heterocycles. The molecule has 0 aromatic heterocycles. The first-order valence-corrected chi connectivity index (χ1v) is 9.38. The molecule has 1 fully saturated rings. The first-order chi connectivity index (χ1) is 12.2. The van der Waals surface area contributed by atoms with Crippen molar-refractivity contribution in [1.82, 2.24) is 4.90 Å². The molecule has 0 amide bonds. The number of halogens is 1. The Morgan fingerprint density at radius 2 is 1.68 bits per heavy atom. The van der Waals surface area contributed by atoms with Gasteiger partial charge in [-0.2, -0.15) is 0 Å². The molecule has 0 spiro atoms. The predicted molar refractivity (Wildman–Crippen MR) is 107 cm³/mol. The highest BCUT2D eigenvalue weighted by molar-refractivity contribution is 6.30. The van der Waals surface area contributed by atoms with Crippen LogP contribution in [-0.4, -0.2) is 24.5 Å². The van der Waals surface area contributed by atoms with E-state index in [1.807, 2.05) is 36.4 Å². The summed E-state index contributed by atoms with van der Waals surface area (Å²) in [5.41, 5.74) is 8.91. The van der Waals surface area contributed by atoms with Gasteiger partial charge in [-0.1, -0.05) is 35.6 Å². The van der Waals surface area contributed by atoms with Crippen LogP contribution in [0.1, 0.15) is 30.4 Å². The molecule has 1 aliphatic heterocycles. The summed E-state index contributed by atoms with van der Waals surface area (Å²) in [7, 11) is 0. The van der Waals surface area contributed by atoms with Gasteiger partial charge in [0.25, 0.3) is 0 Å². The van der Waals surface area contributed by atoms with Gasteiger partial charge in [-0.25, -0.2) is 0 Å².